The molecule has 2 aliphatic rings. The maximum Gasteiger partial charge on any atom is 0.416 e. The van der Waals surface area contributed by atoms with Crippen LogP contribution in [0.15, 0.2) is 48.6 Å². The minimum atomic E-state index is -4.43. The molecular weight excluding hydrogens is 379 g/mol. The first-order valence-electron chi connectivity index (χ1n) is 8.43. The zero-order valence-electron chi connectivity index (χ0n) is 13.9. The summed E-state index contributed by atoms with van der Waals surface area (Å²) < 4.78 is 39.4. The second kappa shape index (κ2) is 6.30. The topological polar surface area (TPSA) is 49.3 Å². The number of carboxylic acids is 1. The zero-order valence-corrected chi connectivity index (χ0v) is 14.7. The molecule has 0 amide bonds. The van der Waals surface area contributed by atoms with Crippen molar-refractivity contribution in [2.75, 3.05) is 5.32 Å². The fourth-order valence-corrected chi connectivity index (χ4v) is 4.32. The van der Waals surface area contributed by atoms with Crippen LogP contribution in [0, 0.1) is 5.92 Å². The summed E-state index contributed by atoms with van der Waals surface area (Å²) in [6, 6.07) is 7.80. The van der Waals surface area contributed by atoms with Crippen LogP contribution in [-0.4, -0.2) is 11.1 Å². The summed E-state index contributed by atoms with van der Waals surface area (Å²) in [6.45, 7) is 0. The van der Waals surface area contributed by atoms with Crippen LogP contribution in [0.2, 0.25) is 5.02 Å². The molecular formula is C20H15ClF3NO2. The second-order valence-corrected chi connectivity index (χ2v) is 7.19. The number of halogens is 4. The number of anilines is 1. The molecule has 1 aliphatic carbocycles. The molecule has 2 N–H and O–H groups in total. The van der Waals surface area contributed by atoms with Crippen LogP contribution in [0.5, 0.6) is 0 Å². The van der Waals surface area contributed by atoms with E-state index in [-0.39, 0.29) is 17.4 Å². The third-order valence-electron chi connectivity index (χ3n) is 5.27. The van der Waals surface area contributed by atoms with Crippen LogP contribution in [0.25, 0.3) is 0 Å². The van der Waals surface area contributed by atoms with Crippen LogP contribution >= 0.6 is 11.6 Å². The van der Waals surface area contributed by atoms with Crippen molar-refractivity contribution in [3.05, 3.63) is 75.8 Å². The van der Waals surface area contributed by atoms with Gasteiger partial charge >= 0.3 is 12.1 Å². The number of nitrogens with one attached hydrogen (secondary N) is 1. The van der Waals surface area contributed by atoms with Crippen molar-refractivity contribution < 1.29 is 23.1 Å². The van der Waals surface area contributed by atoms with Gasteiger partial charge in [0.25, 0.3) is 0 Å². The van der Waals surface area contributed by atoms with Crippen molar-refractivity contribution >= 4 is 23.3 Å². The molecule has 0 bridgehead atoms. The van der Waals surface area contributed by atoms with E-state index >= 15 is 0 Å². The molecule has 0 aromatic heterocycles. The van der Waals surface area contributed by atoms with E-state index in [4.69, 9.17) is 11.6 Å². The number of carboxylic acid groups (broad SMARTS) is 1. The van der Waals surface area contributed by atoms with Gasteiger partial charge in [-0.1, -0.05) is 35.9 Å². The van der Waals surface area contributed by atoms with E-state index in [0.717, 1.165) is 12.1 Å². The first-order valence-corrected chi connectivity index (χ1v) is 8.81. The molecule has 0 unspecified atom stereocenters. The highest BCUT2D eigenvalue weighted by molar-refractivity contribution is 6.33. The van der Waals surface area contributed by atoms with Gasteiger partial charge in [-0.25, -0.2) is 4.79 Å². The largest absolute Gasteiger partial charge is 0.478 e. The number of rotatable bonds is 2. The summed E-state index contributed by atoms with van der Waals surface area (Å²) in [4.78, 5) is 11.7. The van der Waals surface area contributed by atoms with Gasteiger partial charge in [0.15, 0.2) is 0 Å². The lowest BCUT2D eigenvalue weighted by molar-refractivity contribution is -0.137. The van der Waals surface area contributed by atoms with Gasteiger partial charge in [0.05, 0.1) is 27.9 Å². The van der Waals surface area contributed by atoms with Crippen LogP contribution in [-0.2, 0) is 6.18 Å². The fraction of sp³-hybridized carbons (Fsp3) is 0.250. The molecule has 2 aromatic carbocycles. The van der Waals surface area contributed by atoms with E-state index in [2.05, 4.69) is 5.32 Å². The van der Waals surface area contributed by atoms with Crippen molar-refractivity contribution in [3.63, 3.8) is 0 Å². The summed E-state index contributed by atoms with van der Waals surface area (Å²) in [6.07, 6.45) is 0.0839. The van der Waals surface area contributed by atoms with E-state index in [1.165, 1.54) is 18.2 Å². The summed E-state index contributed by atoms with van der Waals surface area (Å²) in [5.74, 6) is -1.36. The molecule has 0 saturated heterocycles. The van der Waals surface area contributed by atoms with Gasteiger partial charge in [-0.05, 0) is 47.7 Å². The Morgan fingerprint density at radius 3 is 2.70 bits per heavy atom. The Labute approximate surface area is 158 Å². The Bertz CT molecular complexity index is 955. The molecule has 0 saturated carbocycles. The van der Waals surface area contributed by atoms with Crippen molar-refractivity contribution in [3.8, 4) is 0 Å². The molecule has 7 heteroatoms. The summed E-state index contributed by atoms with van der Waals surface area (Å²) in [5, 5.41) is 13.1. The maximum atomic E-state index is 13.1. The average molecular weight is 394 g/mol. The first-order chi connectivity index (χ1) is 12.8. The molecule has 0 radical (unpaired) electrons. The van der Waals surface area contributed by atoms with Gasteiger partial charge in [-0.2, -0.15) is 13.2 Å². The summed E-state index contributed by atoms with van der Waals surface area (Å²) in [5.41, 5.74) is 1.03. The number of alkyl halides is 3. The highest BCUT2D eigenvalue weighted by Gasteiger charge is 2.41. The smallest absolute Gasteiger partial charge is 0.416 e. The van der Waals surface area contributed by atoms with Crippen LogP contribution < -0.4 is 5.32 Å². The van der Waals surface area contributed by atoms with E-state index in [1.54, 1.807) is 6.07 Å². The lowest BCUT2D eigenvalue weighted by atomic mass is 9.75. The number of allylic oxidation sites excluding steroid dienone is 2. The van der Waals surface area contributed by atoms with Gasteiger partial charge in [-0.15, -0.1) is 0 Å². The minimum absolute atomic E-state index is 0.0856. The Balaban J connectivity index is 1.84. The summed E-state index contributed by atoms with van der Waals surface area (Å²) in [7, 11) is 0. The lowest BCUT2D eigenvalue weighted by Gasteiger charge is -2.38. The molecule has 4 rings (SSSR count). The molecule has 3 atom stereocenters. The predicted molar refractivity (Wildman–Crippen MR) is 96.2 cm³/mol. The van der Waals surface area contributed by atoms with Gasteiger partial charge in [0, 0.05) is 5.92 Å². The molecule has 140 valence electrons. The SMILES string of the molecule is O=C(O)c1ccc(Cl)c2c1[C@H]1C=CC[C@H]1[C@H](c1cccc(C(F)(F)F)c1)N2. The van der Waals surface area contributed by atoms with Crippen LogP contribution in [0.3, 0.4) is 0 Å². The van der Waals surface area contributed by atoms with E-state index < -0.39 is 23.8 Å². The van der Waals surface area contributed by atoms with Gasteiger partial charge in [0.1, 0.15) is 0 Å². The third kappa shape index (κ3) is 2.98. The van der Waals surface area contributed by atoms with Gasteiger partial charge in [0.2, 0.25) is 0 Å². The van der Waals surface area contributed by atoms with Crippen LogP contribution in [0.4, 0.5) is 18.9 Å². The van der Waals surface area contributed by atoms with Crippen molar-refractivity contribution in [2.24, 2.45) is 5.92 Å². The number of hydrogen-bond acceptors (Lipinski definition) is 2. The molecule has 3 nitrogen and oxygen atoms in total. The quantitative estimate of drug-likeness (QED) is 0.626. The van der Waals surface area contributed by atoms with Crippen molar-refractivity contribution in [1.29, 1.82) is 0 Å². The molecule has 0 spiro atoms. The first kappa shape index (κ1) is 17.9. The number of aromatic carboxylic acids is 1. The van der Waals surface area contributed by atoms with E-state index in [9.17, 15) is 23.1 Å². The standard InChI is InChI=1S/C20H15ClF3NO2/c21-15-8-7-14(19(26)27)16-12-5-2-6-13(12)17(25-18(15)16)10-3-1-4-11(9-10)20(22,23)24/h1-5,7-9,12-13,17,25H,6H2,(H,26,27)/t12-,13+,17-/m0/s1. The van der Waals surface area contributed by atoms with Crippen molar-refractivity contribution in [2.45, 2.75) is 24.6 Å². The lowest BCUT2D eigenvalue weighted by Crippen LogP contribution is -2.31. The van der Waals surface area contributed by atoms with Crippen LogP contribution in [0.1, 0.15) is 45.4 Å². The van der Waals surface area contributed by atoms with Gasteiger partial charge in [-0.3, -0.25) is 0 Å². The highest BCUT2D eigenvalue weighted by atomic mass is 35.5. The maximum absolute atomic E-state index is 13.1. The highest BCUT2D eigenvalue weighted by Crippen LogP contribution is 2.52. The predicted octanol–water partition coefficient (Wildman–Crippen LogP) is 5.88. The molecule has 1 aliphatic heterocycles. The number of hydrogen-bond donors (Lipinski definition) is 2. The van der Waals surface area contributed by atoms with E-state index in [1.807, 2.05) is 12.2 Å². The van der Waals surface area contributed by atoms with E-state index in [0.29, 0.717) is 28.3 Å². The Morgan fingerprint density at radius 1 is 1.22 bits per heavy atom. The summed E-state index contributed by atoms with van der Waals surface area (Å²) >= 11 is 6.31. The molecule has 2 aromatic rings. The molecule has 1 heterocycles. The number of fused-ring (bicyclic) bond motifs is 3. The second-order valence-electron chi connectivity index (χ2n) is 6.79. The van der Waals surface area contributed by atoms with Gasteiger partial charge < -0.3 is 10.4 Å². The fourth-order valence-electron chi connectivity index (χ4n) is 4.10. The zero-order chi connectivity index (χ0) is 19.3. The average Bonchev–Trinajstić information content (AvgIpc) is 3.10. The Kier molecular flexibility index (Phi) is 4.18. The Morgan fingerprint density at radius 2 is 2.00 bits per heavy atom. The normalized spacial score (nSPS) is 23.5. The monoisotopic (exact) mass is 393 g/mol. The van der Waals surface area contributed by atoms with Crippen molar-refractivity contribution in [1.82, 2.24) is 0 Å². The Hall–Kier alpha value is -2.47. The number of carbonyl (C=O) groups is 1. The number of benzene rings is 2. The molecule has 27 heavy (non-hydrogen) atoms. The minimum Gasteiger partial charge on any atom is -0.478 e. The molecule has 0 fully saturated rings. The third-order valence-corrected chi connectivity index (χ3v) is 5.59.